The monoisotopic (exact) mass is 368 g/mol. The lowest BCUT2D eigenvalue weighted by Gasteiger charge is -2.39. The Kier molecular flexibility index (Phi) is 6.99. The predicted molar refractivity (Wildman–Crippen MR) is 114 cm³/mol. The molecule has 3 heteroatoms. The van der Waals surface area contributed by atoms with Crippen LogP contribution in [-0.4, -0.2) is 19.5 Å². The van der Waals surface area contributed by atoms with E-state index in [1.165, 1.54) is 0 Å². The Morgan fingerprint density at radius 1 is 0.962 bits per heavy atom. The molecule has 0 bridgehead atoms. The van der Waals surface area contributed by atoms with Gasteiger partial charge in [0, 0.05) is 6.42 Å². The highest BCUT2D eigenvalue weighted by Gasteiger charge is 2.39. The van der Waals surface area contributed by atoms with Gasteiger partial charge in [-0.3, -0.25) is 0 Å². The Hall–Kier alpha value is -1.68. The van der Waals surface area contributed by atoms with Crippen molar-refractivity contribution in [1.82, 2.24) is 0 Å². The Morgan fingerprint density at radius 3 is 2.04 bits per heavy atom. The van der Waals surface area contributed by atoms with Crippen LogP contribution in [0.5, 0.6) is 0 Å². The van der Waals surface area contributed by atoms with Crippen LogP contribution in [0, 0.1) is 0 Å². The molecule has 0 aliphatic heterocycles. The van der Waals surface area contributed by atoms with Crippen molar-refractivity contribution in [3.63, 3.8) is 0 Å². The summed E-state index contributed by atoms with van der Waals surface area (Å²) in [5.74, 6) is 0. The smallest absolute Gasteiger partial charge is 0.192 e. The van der Waals surface area contributed by atoms with Crippen LogP contribution in [0.4, 0.5) is 0 Å². The molecule has 0 fully saturated rings. The minimum absolute atomic E-state index is 0.104. The molecular formula is C23H32O2Si. The average molecular weight is 369 g/mol. The maximum atomic E-state index is 10.6. The van der Waals surface area contributed by atoms with Crippen molar-refractivity contribution in [2.24, 2.45) is 0 Å². The van der Waals surface area contributed by atoms with Gasteiger partial charge >= 0.3 is 0 Å². The molecule has 0 aliphatic rings. The molecule has 0 aromatic heterocycles. The molecule has 0 saturated carbocycles. The third-order valence-electron chi connectivity index (χ3n) is 5.18. The summed E-state index contributed by atoms with van der Waals surface area (Å²) in [6, 6.07) is 20.3. The summed E-state index contributed by atoms with van der Waals surface area (Å²) in [5.41, 5.74) is 2.22. The zero-order chi connectivity index (χ0) is 19.2. The maximum Gasteiger partial charge on any atom is 0.192 e. The lowest BCUT2D eigenvalue weighted by molar-refractivity contribution is 0.111. The normalized spacial score (nSPS) is 15.2. The quantitative estimate of drug-likeness (QED) is 0.588. The van der Waals surface area contributed by atoms with Crippen LogP contribution in [-0.2, 0) is 4.43 Å². The Balaban J connectivity index is 2.15. The highest BCUT2D eigenvalue weighted by molar-refractivity contribution is 6.74. The summed E-state index contributed by atoms with van der Waals surface area (Å²) in [7, 11) is -1.94. The summed E-state index contributed by atoms with van der Waals surface area (Å²) >= 11 is 0. The van der Waals surface area contributed by atoms with Crippen LogP contribution in [0.2, 0.25) is 18.1 Å². The summed E-state index contributed by atoms with van der Waals surface area (Å²) in [6.07, 6.45) is 3.73. The van der Waals surface area contributed by atoms with Gasteiger partial charge < -0.3 is 9.53 Å². The molecule has 2 aromatic rings. The van der Waals surface area contributed by atoms with Gasteiger partial charge in [-0.25, -0.2) is 0 Å². The standard InChI is InChI=1S/C23H32O2Si/c1-23(2,3)26(4,5)25-22(20-14-10-7-11-15-20)18-21(24)17-16-19-12-8-6-9-13-19/h6-17,21-22,24H,18H2,1-5H3/b17-16+/t21-,22+/m1/s1. The second-order valence-electron chi connectivity index (χ2n) is 8.35. The van der Waals surface area contributed by atoms with E-state index in [9.17, 15) is 5.11 Å². The Morgan fingerprint density at radius 2 is 1.50 bits per heavy atom. The topological polar surface area (TPSA) is 29.5 Å². The molecule has 2 aromatic carbocycles. The van der Waals surface area contributed by atoms with Gasteiger partial charge in [-0.1, -0.05) is 93.6 Å². The van der Waals surface area contributed by atoms with Gasteiger partial charge in [0.2, 0.25) is 0 Å². The van der Waals surface area contributed by atoms with E-state index in [1.807, 2.05) is 60.7 Å². The molecule has 26 heavy (non-hydrogen) atoms. The van der Waals surface area contributed by atoms with E-state index in [-0.39, 0.29) is 11.1 Å². The van der Waals surface area contributed by atoms with Crippen molar-refractivity contribution in [1.29, 1.82) is 0 Å². The van der Waals surface area contributed by atoms with Gasteiger partial charge in [0.05, 0.1) is 12.2 Å². The zero-order valence-corrected chi connectivity index (χ0v) is 17.6. The van der Waals surface area contributed by atoms with Gasteiger partial charge in [-0.15, -0.1) is 0 Å². The fraction of sp³-hybridized carbons (Fsp3) is 0.391. The summed E-state index contributed by atoms with van der Waals surface area (Å²) in [6.45, 7) is 11.2. The molecule has 2 atom stereocenters. The minimum Gasteiger partial charge on any atom is -0.410 e. The summed E-state index contributed by atoms with van der Waals surface area (Å²) in [5, 5.41) is 10.7. The van der Waals surface area contributed by atoms with Crippen molar-refractivity contribution < 1.29 is 9.53 Å². The molecule has 0 unspecified atom stereocenters. The van der Waals surface area contributed by atoms with Crippen LogP contribution < -0.4 is 0 Å². The second-order valence-corrected chi connectivity index (χ2v) is 13.1. The van der Waals surface area contributed by atoms with E-state index >= 15 is 0 Å². The first-order valence-electron chi connectivity index (χ1n) is 9.33. The third-order valence-corrected chi connectivity index (χ3v) is 9.67. The predicted octanol–water partition coefficient (Wildman–Crippen LogP) is 6.21. The summed E-state index contributed by atoms with van der Waals surface area (Å²) in [4.78, 5) is 0. The molecule has 2 nitrogen and oxygen atoms in total. The second kappa shape index (κ2) is 8.80. The van der Waals surface area contributed by atoms with Gasteiger partial charge in [-0.2, -0.15) is 0 Å². The lowest BCUT2D eigenvalue weighted by atomic mass is 10.0. The van der Waals surface area contributed by atoms with E-state index < -0.39 is 14.4 Å². The van der Waals surface area contributed by atoms with Crippen LogP contribution in [0.1, 0.15) is 44.4 Å². The fourth-order valence-electron chi connectivity index (χ4n) is 2.54. The number of hydrogen-bond acceptors (Lipinski definition) is 2. The largest absolute Gasteiger partial charge is 0.410 e. The third kappa shape index (κ3) is 5.94. The van der Waals surface area contributed by atoms with Gasteiger partial charge in [-0.05, 0) is 29.3 Å². The first-order valence-corrected chi connectivity index (χ1v) is 12.2. The molecule has 140 valence electrons. The summed E-state index contributed by atoms with van der Waals surface area (Å²) < 4.78 is 6.66. The SMILES string of the molecule is CC(C)(C)[Si](C)(C)O[C@@H](C[C@H](O)/C=C/c1ccccc1)c1ccccc1. The number of rotatable bonds is 7. The molecule has 0 radical (unpaired) electrons. The lowest BCUT2D eigenvalue weighted by Crippen LogP contribution is -2.42. The zero-order valence-electron chi connectivity index (χ0n) is 16.6. The van der Waals surface area contributed by atoms with Crippen LogP contribution in [0.15, 0.2) is 66.7 Å². The van der Waals surface area contributed by atoms with Crippen LogP contribution >= 0.6 is 0 Å². The van der Waals surface area contributed by atoms with Gasteiger partial charge in [0.1, 0.15) is 0 Å². The van der Waals surface area contributed by atoms with Crippen LogP contribution in [0.25, 0.3) is 6.08 Å². The first kappa shape index (κ1) is 20.6. The van der Waals surface area contributed by atoms with Crippen molar-refractivity contribution in [2.75, 3.05) is 0 Å². The number of benzene rings is 2. The molecule has 0 saturated heterocycles. The molecule has 0 spiro atoms. The van der Waals surface area contributed by atoms with Crippen molar-refractivity contribution in [3.05, 3.63) is 77.9 Å². The molecule has 1 N–H and O–H groups in total. The highest BCUT2D eigenvalue weighted by Crippen LogP contribution is 2.40. The molecule has 2 rings (SSSR count). The Bertz CT molecular complexity index is 687. The molecular weight excluding hydrogens is 336 g/mol. The van der Waals surface area contributed by atoms with Gasteiger partial charge in [0.15, 0.2) is 8.32 Å². The first-order chi connectivity index (χ1) is 12.2. The average Bonchev–Trinajstić information content (AvgIpc) is 2.60. The van der Waals surface area contributed by atoms with E-state index in [0.29, 0.717) is 6.42 Å². The van der Waals surface area contributed by atoms with E-state index in [4.69, 9.17) is 4.43 Å². The van der Waals surface area contributed by atoms with E-state index in [0.717, 1.165) is 11.1 Å². The fourth-order valence-corrected chi connectivity index (χ4v) is 3.83. The van der Waals surface area contributed by atoms with Crippen molar-refractivity contribution >= 4 is 14.4 Å². The number of hydrogen-bond donors (Lipinski definition) is 1. The maximum absolute atomic E-state index is 10.6. The number of aliphatic hydroxyl groups is 1. The van der Waals surface area contributed by atoms with Crippen molar-refractivity contribution in [2.45, 2.75) is 57.5 Å². The van der Waals surface area contributed by atoms with Crippen molar-refractivity contribution in [3.8, 4) is 0 Å². The molecule has 0 amide bonds. The van der Waals surface area contributed by atoms with E-state index in [2.05, 4.69) is 46.0 Å². The minimum atomic E-state index is -1.94. The number of aliphatic hydroxyl groups excluding tert-OH is 1. The molecule has 0 aliphatic carbocycles. The van der Waals surface area contributed by atoms with Crippen LogP contribution in [0.3, 0.4) is 0 Å². The highest BCUT2D eigenvalue weighted by atomic mass is 28.4. The van der Waals surface area contributed by atoms with Gasteiger partial charge in [0.25, 0.3) is 0 Å². The van der Waals surface area contributed by atoms with E-state index in [1.54, 1.807) is 0 Å². The molecule has 0 heterocycles. The Labute approximate surface area is 159 Å².